The molecule has 0 saturated heterocycles. The van der Waals surface area contributed by atoms with Gasteiger partial charge in [-0.05, 0) is 43.1 Å². The molecule has 0 heterocycles. The zero-order valence-corrected chi connectivity index (χ0v) is 12.3. The molecule has 0 radical (unpaired) electrons. The highest BCUT2D eigenvalue weighted by atomic mass is 35.5. The zero-order valence-electron chi connectivity index (χ0n) is 11.6. The van der Waals surface area contributed by atoms with E-state index in [9.17, 15) is 4.39 Å². The molecule has 20 heavy (non-hydrogen) atoms. The Bertz CT molecular complexity index is 542. The molecule has 0 bridgehead atoms. The second-order valence-electron chi connectivity index (χ2n) is 4.80. The summed E-state index contributed by atoms with van der Waals surface area (Å²) in [5.41, 5.74) is 1.91. The van der Waals surface area contributed by atoms with Gasteiger partial charge in [0, 0.05) is 16.6 Å². The highest BCUT2D eigenvalue weighted by Gasteiger charge is 2.15. The number of hydrogen-bond donors (Lipinski definition) is 1. The number of aryl methyl sites for hydroxylation is 1. The number of halogens is 2. The van der Waals surface area contributed by atoms with Gasteiger partial charge in [0.25, 0.3) is 0 Å². The lowest BCUT2D eigenvalue weighted by atomic mass is 9.98. The maximum absolute atomic E-state index is 14.0. The minimum Gasteiger partial charge on any atom is -0.310 e. The molecular weight excluding hydrogens is 273 g/mol. The summed E-state index contributed by atoms with van der Waals surface area (Å²) in [6, 6.07) is 15.0. The fourth-order valence-corrected chi connectivity index (χ4v) is 2.53. The largest absolute Gasteiger partial charge is 0.310 e. The van der Waals surface area contributed by atoms with Gasteiger partial charge in [0.15, 0.2) is 0 Å². The first-order valence-electron chi connectivity index (χ1n) is 6.93. The third-order valence-electron chi connectivity index (χ3n) is 3.35. The topological polar surface area (TPSA) is 12.0 Å². The van der Waals surface area contributed by atoms with Crippen molar-refractivity contribution in [3.05, 3.63) is 70.5 Å². The van der Waals surface area contributed by atoms with Gasteiger partial charge in [-0.1, -0.05) is 48.9 Å². The molecule has 0 aliphatic rings. The Labute approximate surface area is 124 Å². The summed E-state index contributed by atoms with van der Waals surface area (Å²) in [5, 5.41) is 3.91. The molecule has 1 atom stereocenters. The molecule has 0 aliphatic heterocycles. The van der Waals surface area contributed by atoms with Crippen molar-refractivity contribution in [1.82, 2.24) is 5.32 Å². The maximum Gasteiger partial charge on any atom is 0.128 e. The molecule has 0 aromatic heterocycles. The lowest BCUT2D eigenvalue weighted by molar-refractivity contribution is 0.485. The van der Waals surface area contributed by atoms with Gasteiger partial charge in [-0.15, -0.1) is 0 Å². The van der Waals surface area contributed by atoms with Crippen molar-refractivity contribution in [3.8, 4) is 0 Å². The van der Waals surface area contributed by atoms with E-state index in [4.69, 9.17) is 11.6 Å². The minimum atomic E-state index is -0.201. The van der Waals surface area contributed by atoms with E-state index in [-0.39, 0.29) is 11.9 Å². The van der Waals surface area contributed by atoms with Gasteiger partial charge in [0.2, 0.25) is 0 Å². The van der Waals surface area contributed by atoms with Crippen LogP contribution < -0.4 is 5.32 Å². The highest BCUT2D eigenvalue weighted by Crippen LogP contribution is 2.25. The summed E-state index contributed by atoms with van der Waals surface area (Å²) < 4.78 is 14.0. The normalized spacial score (nSPS) is 12.3. The predicted octanol–water partition coefficient (Wildman–Crippen LogP) is 4.76. The van der Waals surface area contributed by atoms with Crippen LogP contribution in [0.2, 0.25) is 5.02 Å². The number of benzene rings is 2. The van der Waals surface area contributed by atoms with Crippen molar-refractivity contribution < 1.29 is 4.39 Å². The summed E-state index contributed by atoms with van der Waals surface area (Å²) >= 11 is 5.98. The van der Waals surface area contributed by atoms with Crippen molar-refractivity contribution in [2.75, 3.05) is 6.54 Å². The summed E-state index contributed by atoms with van der Waals surface area (Å²) in [6.45, 7) is 2.82. The van der Waals surface area contributed by atoms with Crippen LogP contribution >= 0.6 is 11.6 Å². The standard InChI is InChI=1S/C17H19ClFN/c1-2-20-17(11-8-13-6-4-3-5-7-13)15-12-14(18)9-10-16(15)19/h3-7,9-10,12,17,20H,2,8,11H2,1H3. The molecule has 0 saturated carbocycles. The van der Waals surface area contributed by atoms with Crippen LogP contribution in [-0.4, -0.2) is 6.54 Å². The average Bonchev–Trinajstić information content (AvgIpc) is 2.47. The van der Waals surface area contributed by atoms with Gasteiger partial charge < -0.3 is 5.32 Å². The van der Waals surface area contributed by atoms with Crippen LogP contribution in [0.1, 0.15) is 30.5 Å². The van der Waals surface area contributed by atoms with E-state index in [1.54, 1.807) is 12.1 Å². The fourth-order valence-electron chi connectivity index (χ4n) is 2.35. The molecule has 2 aromatic carbocycles. The fraction of sp³-hybridized carbons (Fsp3) is 0.294. The van der Waals surface area contributed by atoms with Gasteiger partial charge in [-0.25, -0.2) is 4.39 Å². The van der Waals surface area contributed by atoms with Crippen LogP contribution in [0.15, 0.2) is 48.5 Å². The Kier molecular flexibility index (Phi) is 5.57. The Balaban J connectivity index is 2.12. The van der Waals surface area contributed by atoms with E-state index in [1.165, 1.54) is 11.6 Å². The molecule has 3 heteroatoms. The number of nitrogens with one attached hydrogen (secondary N) is 1. The second-order valence-corrected chi connectivity index (χ2v) is 5.24. The summed E-state index contributed by atoms with van der Waals surface area (Å²) in [5.74, 6) is -0.201. The highest BCUT2D eigenvalue weighted by molar-refractivity contribution is 6.30. The molecule has 1 N–H and O–H groups in total. The lowest BCUT2D eigenvalue weighted by Gasteiger charge is -2.19. The molecule has 2 aromatic rings. The Morgan fingerprint density at radius 2 is 1.90 bits per heavy atom. The van der Waals surface area contributed by atoms with Gasteiger partial charge in [0.05, 0.1) is 0 Å². The molecule has 1 nitrogen and oxygen atoms in total. The molecule has 1 unspecified atom stereocenters. The van der Waals surface area contributed by atoms with Gasteiger partial charge in [-0.2, -0.15) is 0 Å². The van der Waals surface area contributed by atoms with Crippen molar-refractivity contribution in [2.45, 2.75) is 25.8 Å². The van der Waals surface area contributed by atoms with Gasteiger partial charge in [-0.3, -0.25) is 0 Å². The molecule has 0 fully saturated rings. The van der Waals surface area contributed by atoms with Crippen LogP contribution in [0.3, 0.4) is 0 Å². The first-order chi connectivity index (χ1) is 9.70. The van der Waals surface area contributed by atoms with Crippen LogP contribution in [0.5, 0.6) is 0 Å². The quantitative estimate of drug-likeness (QED) is 0.809. The average molecular weight is 292 g/mol. The summed E-state index contributed by atoms with van der Waals surface area (Å²) in [7, 11) is 0. The van der Waals surface area contributed by atoms with E-state index in [2.05, 4.69) is 17.4 Å². The van der Waals surface area contributed by atoms with Crippen molar-refractivity contribution in [3.63, 3.8) is 0 Å². The van der Waals surface area contributed by atoms with Crippen molar-refractivity contribution >= 4 is 11.6 Å². The first kappa shape index (κ1) is 15.0. The minimum absolute atomic E-state index is 0.0149. The van der Waals surface area contributed by atoms with E-state index in [0.717, 1.165) is 19.4 Å². The van der Waals surface area contributed by atoms with Crippen LogP contribution in [0.4, 0.5) is 4.39 Å². The number of hydrogen-bond acceptors (Lipinski definition) is 1. The van der Waals surface area contributed by atoms with E-state index in [0.29, 0.717) is 10.6 Å². The molecule has 2 rings (SSSR count). The molecular formula is C17H19ClFN. The van der Waals surface area contributed by atoms with E-state index in [1.807, 2.05) is 25.1 Å². The molecule has 0 amide bonds. The molecule has 0 spiro atoms. The SMILES string of the molecule is CCNC(CCc1ccccc1)c1cc(Cl)ccc1F. The molecule has 106 valence electrons. The van der Waals surface area contributed by atoms with Crippen molar-refractivity contribution in [1.29, 1.82) is 0 Å². The maximum atomic E-state index is 14.0. The second kappa shape index (κ2) is 7.41. The van der Waals surface area contributed by atoms with Crippen LogP contribution in [0, 0.1) is 5.82 Å². The van der Waals surface area contributed by atoms with Crippen molar-refractivity contribution in [2.24, 2.45) is 0 Å². The Morgan fingerprint density at radius 3 is 2.60 bits per heavy atom. The Morgan fingerprint density at radius 1 is 1.15 bits per heavy atom. The number of rotatable bonds is 6. The van der Waals surface area contributed by atoms with Crippen LogP contribution in [0.25, 0.3) is 0 Å². The monoisotopic (exact) mass is 291 g/mol. The zero-order chi connectivity index (χ0) is 14.4. The summed E-state index contributed by atoms with van der Waals surface area (Å²) in [4.78, 5) is 0. The van der Waals surface area contributed by atoms with E-state index < -0.39 is 0 Å². The third-order valence-corrected chi connectivity index (χ3v) is 3.58. The molecule has 0 aliphatic carbocycles. The Hall–Kier alpha value is -1.38. The lowest BCUT2D eigenvalue weighted by Crippen LogP contribution is -2.22. The summed E-state index contributed by atoms with van der Waals surface area (Å²) in [6.07, 6.45) is 1.75. The van der Waals surface area contributed by atoms with Crippen LogP contribution in [-0.2, 0) is 6.42 Å². The first-order valence-corrected chi connectivity index (χ1v) is 7.30. The van der Waals surface area contributed by atoms with Gasteiger partial charge >= 0.3 is 0 Å². The predicted molar refractivity (Wildman–Crippen MR) is 82.6 cm³/mol. The third kappa shape index (κ3) is 4.06. The smallest absolute Gasteiger partial charge is 0.128 e. The van der Waals surface area contributed by atoms with E-state index >= 15 is 0 Å². The van der Waals surface area contributed by atoms with Gasteiger partial charge in [0.1, 0.15) is 5.82 Å².